The highest BCUT2D eigenvalue weighted by Gasteiger charge is 2.20. The van der Waals surface area contributed by atoms with E-state index in [1.165, 1.54) is 5.56 Å². The van der Waals surface area contributed by atoms with Crippen LogP contribution < -0.4 is 4.74 Å². The van der Waals surface area contributed by atoms with Gasteiger partial charge in [-0.25, -0.2) is 0 Å². The van der Waals surface area contributed by atoms with E-state index in [9.17, 15) is 5.11 Å². The molecule has 17 heavy (non-hydrogen) atoms. The van der Waals surface area contributed by atoms with Crippen molar-refractivity contribution in [1.29, 1.82) is 0 Å². The third kappa shape index (κ3) is 3.47. The highest BCUT2D eigenvalue weighted by molar-refractivity contribution is 5.42. The molecular weight excluding hydrogens is 212 g/mol. The summed E-state index contributed by atoms with van der Waals surface area (Å²) >= 11 is 0. The van der Waals surface area contributed by atoms with E-state index in [0.29, 0.717) is 6.61 Å². The first kappa shape index (κ1) is 14.0. The fourth-order valence-electron chi connectivity index (χ4n) is 1.85. The minimum absolute atomic E-state index is 0.0749. The van der Waals surface area contributed by atoms with Crippen LogP contribution in [0.2, 0.25) is 0 Å². The zero-order chi connectivity index (χ0) is 13.1. The van der Waals surface area contributed by atoms with Gasteiger partial charge in [-0.2, -0.15) is 0 Å². The first-order chi connectivity index (χ1) is 7.90. The first-order valence-corrected chi connectivity index (χ1v) is 6.28. The van der Waals surface area contributed by atoms with Crippen LogP contribution in [0.3, 0.4) is 0 Å². The average Bonchev–Trinajstić information content (AvgIpc) is 2.27. The molecule has 0 aliphatic carbocycles. The number of ether oxygens (including phenoxy) is 1. The van der Waals surface area contributed by atoms with E-state index < -0.39 is 0 Å². The van der Waals surface area contributed by atoms with Crippen molar-refractivity contribution in [2.24, 2.45) is 0 Å². The highest BCUT2D eigenvalue weighted by atomic mass is 16.5. The normalized spacial score (nSPS) is 13.5. The Balaban J connectivity index is 3.17. The van der Waals surface area contributed by atoms with Crippen LogP contribution in [0, 0.1) is 0 Å². The molecule has 1 N–H and O–H groups in total. The maximum atomic E-state index is 9.20. The lowest BCUT2D eigenvalue weighted by molar-refractivity contribution is 0.272. The second kappa shape index (κ2) is 5.54. The molecule has 0 aromatic heterocycles. The zero-order valence-electron chi connectivity index (χ0n) is 11.6. The Morgan fingerprint density at radius 1 is 1.29 bits per heavy atom. The lowest BCUT2D eigenvalue weighted by Crippen LogP contribution is -2.14. The van der Waals surface area contributed by atoms with Crippen LogP contribution in [-0.2, 0) is 5.41 Å². The molecule has 1 aromatic carbocycles. The summed E-state index contributed by atoms with van der Waals surface area (Å²) in [6, 6.07) is 6.27. The summed E-state index contributed by atoms with van der Waals surface area (Å²) in [5.74, 6) is 1.10. The van der Waals surface area contributed by atoms with Crippen LogP contribution in [-0.4, -0.2) is 18.3 Å². The summed E-state index contributed by atoms with van der Waals surface area (Å²) in [6.45, 7) is 11.4. The van der Waals surface area contributed by atoms with Gasteiger partial charge in [0.05, 0.1) is 6.61 Å². The third-order valence-electron chi connectivity index (χ3n) is 2.96. The molecule has 1 atom stereocenters. The molecule has 0 heterocycles. The molecular formula is C15H24O2. The molecule has 2 heteroatoms. The van der Waals surface area contributed by atoms with E-state index >= 15 is 0 Å². The predicted octanol–water partition coefficient (Wildman–Crippen LogP) is 3.48. The van der Waals surface area contributed by atoms with Crippen molar-refractivity contribution in [2.45, 2.75) is 46.0 Å². The molecule has 0 bridgehead atoms. The largest absolute Gasteiger partial charge is 0.494 e. The molecule has 0 amide bonds. The molecule has 0 saturated heterocycles. The summed E-state index contributed by atoms with van der Waals surface area (Å²) < 4.78 is 5.72. The molecule has 0 aliphatic heterocycles. The molecule has 96 valence electrons. The van der Waals surface area contributed by atoms with Crippen molar-refractivity contribution in [3.05, 3.63) is 29.3 Å². The van der Waals surface area contributed by atoms with Gasteiger partial charge in [0.2, 0.25) is 0 Å². The molecule has 0 spiro atoms. The number of rotatable bonds is 4. The van der Waals surface area contributed by atoms with Gasteiger partial charge in [0.1, 0.15) is 5.75 Å². The number of benzene rings is 1. The van der Waals surface area contributed by atoms with Crippen molar-refractivity contribution in [3.8, 4) is 5.75 Å². The topological polar surface area (TPSA) is 29.5 Å². The standard InChI is InChI=1S/C15H24O2/c1-6-17-14-9-12(11(2)10-16)7-8-13(14)15(3,4)5/h7-9,11,16H,6,10H2,1-5H3. The molecule has 1 aromatic rings. The van der Waals surface area contributed by atoms with Crippen LogP contribution in [0.4, 0.5) is 0 Å². The molecule has 2 nitrogen and oxygen atoms in total. The Kier molecular flexibility index (Phi) is 4.58. The SMILES string of the molecule is CCOc1cc(C(C)CO)ccc1C(C)(C)C. The van der Waals surface area contributed by atoms with Crippen LogP contribution in [0.25, 0.3) is 0 Å². The summed E-state index contributed by atoms with van der Waals surface area (Å²) in [6.07, 6.45) is 0. The number of hydrogen-bond acceptors (Lipinski definition) is 2. The second-order valence-electron chi connectivity index (χ2n) is 5.52. The number of aliphatic hydroxyl groups is 1. The Morgan fingerprint density at radius 3 is 2.41 bits per heavy atom. The Bertz CT molecular complexity index is 364. The molecule has 0 aliphatic rings. The van der Waals surface area contributed by atoms with E-state index in [-0.39, 0.29) is 17.9 Å². The van der Waals surface area contributed by atoms with Crippen molar-refractivity contribution in [2.75, 3.05) is 13.2 Å². The lowest BCUT2D eigenvalue weighted by atomic mass is 9.85. The Hall–Kier alpha value is -1.02. The minimum atomic E-state index is 0.0749. The van der Waals surface area contributed by atoms with Crippen LogP contribution in [0.15, 0.2) is 18.2 Å². The molecule has 1 rings (SSSR count). The minimum Gasteiger partial charge on any atom is -0.494 e. The van der Waals surface area contributed by atoms with Gasteiger partial charge >= 0.3 is 0 Å². The van der Waals surface area contributed by atoms with Crippen molar-refractivity contribution < 1.29 is 9.84 Å². The van der Waals surface area contributed by atoms with Gasteiger partial charge in [-0.3, -0.25) is 0 Å². The van der Waals surface area contributed by atoms with Crippen molar-refractivity contribution in [3.63, 3.8) is 0 Å². The van der Waals surface area contributed by atoms with E-state index in [1.807, 2.05) is 13.8 Å². The summed E-state index contributed by atoms with van der Waals surface area (Å²) in [5.41, 5.74) is 2.42. The predicted molar refractivity (Wildman–Crippen MR) is 71.8 cm³/mol. The maximum Gasteiger partial charge on any atom is 0.123 e. The Morgan fingerprint density at radius 2 is 1.94 bits per heavy atom. The van der Waals surface area contributed by atoms with Gasteiger partial charge < -0.3 is 9.84 Å². The second-order valence-corrected chi connectivity index (χ2v) is 5.52. The smallest absolute Gasteiger partial charge is 0.123 e. The molecule has 0 saturated carbocycles. The van der Waals surface area contributed by atoms with Gasteiger partial charge in [0.15, 0.2) is 0 Å². The molecule has 0 fully saturated rings. The number of hydrogen-bond donors (Lipinski definition) is 1. The fourth-order valence-corrected chi connectivity index (χ4v) is 1.85. The molecule has 1 unspecified atom stereocenters. The quantitative estimate of drug-likeness (QED) is 0.867. The van der Waals surface area contributed by atoms with E-state index in [1.54, 1.807) is 0 Å². The summed E-state index contributed by atoms with van der Waals surface area (Å²) in [7, 11) is 0. The number of aliphatic hydroxyl groups excluding tert-OH is 1. The zero-order valence-corrected chi connectivity index (χ0v) is 11.6. The maximum absolute atomic E-state index is 9.20. The van der Waals surface area contributed by atoms with E-state index in [4.69, 9.17) is 4.74 Å². The van der Waals surface area contributed by atoms with Gasteiger partial charge in [-0.05, 0) is 29.5 Å². The van der Waals surface area contributed by atoms with E-state index in [2.05, 4.69) is 39.0 Å². The van der Waals surface area contributed by atoms with Crippen molar-refractivity contribution in [1.82, 2.24) is 0 Å². The lowest BCUT2D eigenvalue weighted by Gasteiger charge is -2.24. The van der Waals surface area contributed by atoms with Crippen LogP contribution in [0.1, 0.15) is 51.7 Å². The molecule has 0 radical (unpaired) electrons. The van der Waals surface area contributed by atoms with Crippen LogP contribution in [0.5, 0.6) is 5.75 Å². The van der Waals surface area contributed by atoms with Gasteiger partial charge in [-0.1, -0.05) is 39.8 Å². The first-order valence-electron chi connectivity index (χ1n) is 6.28. The summed E-state index contributed by atoms with van der Waals surface area (Å²) in [4.78, 5) is 0. The van der Waals surface area contributed by atoms with Crippen molar-refractivity contribution >= 4 is 0 Å². The fraction of sp³-hybridized carbons (Fsp3) is 0.600. The average molecular weight is 236 g/mol. The highest BCUT2D eigenvalue weighted by Crippen LogP contribution is 2.33. The van der Waals surface area contributed by atoms with Gasteiger partial charge in [0.25, 0.3) is 0 Å². The van der Waals surface area contributed by atoms with E-state index in [0.717, 1.165) is 11.3 Å². The summed E-state index contributed by atoms with van der Waals surface area (Å²) in [5, 5.41) is 9.20. The van der Waals surface area contributed by atoms with Crippen LogP contribution >= 0.6 is 0 Å². The monoisotopic (exact) mass is 236 g/mol. The Labute approximate surface area is 105 Å². The van der Waals surface area contributed by atoms with Gasteiger partial charge in [-0.15, -0.1) is 0 Å². The third-order valence-corrected chi connectivity index (χ3v) is 2.96. The van der Waals surface area contributed by atoms with Gasteiger partial charge in [0, 0.05) is 12.5 Å².